The van der Waals surface area contributed by atoms with E-state index in [9.17, 15) is 9.59 Å². The summed E-state index contributed by atoms with van der Waals surface area (Å²) in [5.74, 6) is -2.15. The van der Waals surface area contributed by atoms with Crippen molar-refractivity contribution in [3.8, 4) is 11.3 Å². The number of allylic oxidation sites excluding steroid dienone is 1. The molecule has 200 valence electrons. The summed E-state index contributed by atoms with van der Waals surface area (Å²) in [6.45, 7) is 14.2. The zero-order valence-electron chi connectivity index (χ0n) is 23.2. The standard InChI is InChI=1S/C31H36N2O4S/c1-8-36-28(34)25-21(6)33-31(7,27(29(35)37-9-2)26(25)22-13-11-10-12-14-22)30-32-23(17-38-30)24-19(4)15-18(3)16-20(24)5/h10-17,26-27,33H,8-9H2,1-7H3. The number of esters is 2. The van der Waals surface area contributed by atoms with Crippen molar-refractivity contribution in [3.63, 3.8) is 0 Å². The Hall–Kier alpha value is -3.45. The number of carbonyl (C=O) groups is 2. The molecular formula is C31H36N2O4S. The van der Waals surface area contributed by atoms with Gasteiger partial charge in [-0.3, -0.25) is 4.79 Å². The number of nitrogens with one attached hydrogen (secondary N) is 1. The van der Waals surface area contributed by atoms with Gasteiger partial charge in [0.1, 0.15) is 10.5 Å². The summed E-state index contributed by atoms with van der Waals surface area (Å²) < 4.78 is 11.1. The van der Waals surface area contributed by atoms with Gasteiger partial charge in [0.05, 0.1) is 30.4 Å². The van der Waals surface area contributed by atoms with Crippen LogP contribution < -0.4 is 5.32 Å². The van der Waals surface area contributed by atoms with Crippen molar-refractivity contribution in [2.75, 3.05) is 13.2 Å². The normalized spacial score (nSPS) is 21.1. The molecule has 7 heteroatoms. The molecule has 0 aliphatic carbocycles. The monoisotopic (exact) mass is 532 g/mol. The second-order valence-electron chi connectivity index (χ2n) is 10.0. The highest BCUT2D eigenvalue weighted by Crippen LogP contribution is 2.49. The fraction of sp³-hybridized carbons (Fsp3) is 0.387. The number of aryl methyl sites for hydroxylation is 3. The summed E-state index contributed by atoms with van der Waals surface area (Å²) >= 11 is 1.51. The summed E-state index contributed by atoms with van der Waals surface area (Å²) in [4.78, 5) is 32.1. The van der Waals surface area contributed by atoms with Gasteiger partial charge in [-0.1, -0.05) is 48.0 Å². The van der Waals surface area contributed by atoms with Gasteiger partial charge in [0.2, 0.25) is 0 Å². The minimum Gasteiger partial charge on any atom is -0.466 e. The third-order valence-corrected chi connectivity index (χ3v) is 8.27. The minimum absolute atomic E-state index is 0.231. The largest absolute Gasteiger partial charge is 0.466 e. The second kappa shape index (κ2) is 11.1. The fourth-order valence-electron chi connectivity index (χ4n) is 5.78. The Morgan fingerprint density at radius 2 is 1.63 bits per heavy atom. The van der Waals surface area contributed by atoms with E-state index in [1.54, 1.807) is 13.8 Å². The smallest absolute Gasteiger partial charge is 0.336 e. The third-order valence-electron chi connectivity index (χ3n) is 7.19. The molecule has 2 aromatic carbocycles. The number of hydrogen-bond acceptors (Lipinski definition) is 7. The summed E-state index contributed by atoms with van der Waals surface area (Å²) in [7, 11) is 0. The first-order valence-corrected chi connectivity index (χ1v) is 13.9. The maximum absolute atomic E-state index is 13.8. The van der Waals surface area contributed by atoms with E-state index in [-0.39, 0.29) is 19.2 Å². The van der Waals surface area contributed by atoms with Crippen LogP contribution >= 0.6 is 11.3 Å². The Kier molecular flexibility index (Phi) is 8.07. The van der Waals surface area contributed by atoms with E-state index in [1.807, 2.05) is 49.6 Å². The topological polar surface area (TPSA) is 77.5 Å². The van der Waals surface area contributed by atoms with Crippen LogP contribution in [-0.2, 0) is 24.6 Å². The first-order valence-electron chi connectivity index (χ1n) is 13.0. The van der Waals surface area contributed by atoms with Gasteiger partial charge in [0.15, 0.2) is 0 Å². The fourth-order valence-corrected chi connectivity index (χ4v) is 6.75. The van der Waals surface area contributed by atoms with Gasteiger partial charge < -0.3 is 14.8 Å². The van der Waals surface area contributed by atoms with Crippen molar-refractivity contribution in [2.24, 2.45) is 5.92 Å². The Bertz CT molecular complexity index is 1350. The predicted octanol–water partition coefficient (Wildman–Crippen LogP) is 6.35. The van der Waals surface area contributed by atoms with Crippen molar-refractivity contribution in [1.29, 1.82) is 0 Å². The van der Waals surface area contributed by atoms with Crippen LogP contribution in [0.5, 0.6) is 0 Å². The highest BCUT2D eigenvalue weighted by molar-refractivity contribution is 7.10. The molecule has 0 bridgehead atoms. The number of thiazole rings is 1. The van der Waals surface area contributed by atoms with Gasteiger partial charge in [-0.05, 0) is 65.2 Å². The first kappa shape index (κ1) is 27.6. The van der Waals surface area contributed by atoms with Crippen LogP contribution in [0.25, 0.3) is 11.3 Å². The average molecular weight is 533 g/mol. The predicted molar refractivity (Wildman–Crippen MR) is 151 cm³/mol. The maximum Gasteiger partial charge on any atom is 0.336 e. The molecule has 38 heavy (non-hydrogen) atoms. The SMILES string of the molecule is CCOC(=O)C1=C(C)NC(C)(c2nc(-c3c(C)cc(C)cc3C)cs2)C(C(=O)OCC)C1c1ccccc1. The van der Waals surface area contributed by atoms with Gasteiger partial charge >= 0.3 is 11.9 Å². The molecule has 0 saturated heterocycles. The highest BCUT2D eigenvalue weighted by atomic mass is 32.1. The molecule has 0 amide bonds. The average Bonchev–Trinajstić information content (AvgIpc) is 3.34. The van der Waals surface area contributed by atoms with E-state index in [2.05, 4.69) is 38.2 Å². The number of hydrogen-bond donors (Lipinski definition) is 1. The molecule has 3 atom stereocenters. The molecule has 3 unspecified atom stereocenters. The van der Waals surface area contributed by atoms with Crippen molar-refractivity contribution < 1.29 is 19.1 Å². The number of benzene rings is 2. The number of aromatic nitrogens is 1. The molecular weight excluding hydrogens is 496 g/mol. The van der Waals surface area contributed by atoms with Crippen LogP contribution in [0.15, 0.2) is 59.1 Å². The van der Waals surface area contributed by atoms with Gasteiger partial charge in [0.25, 0.3) is 0 Å². The van der Waals surface area contributed by atoms with Crippen molar-refractivity contribution in [2.45, 2.75) is 59.9 Å². The number of ether oxygens (including phenoxy) is 2. The van der Waals surface area contributed by atoms with Crippen LogP contribution in [-0.4, -0.2) is 30.1 Å². The highest BCUT2D eigenvalue weighted by Gasteiger charge is 2.54. The summed E-state index contributed by atoms with van der Waals surface area (Å²) in [6, 6.07) is 14.0. The van der Waals surface area contributed by atoms with Crippen LogP contribution in [0.2, 0.25) is 0 Å². The molecule has 0 saturated carbocycles. The molecule has 1 aliphatic rings. The first-order chi connectivity index (χ1) is 18.1. The lowest BCUT2D eigenvalue weighted by atomic mass is 9.67. The zero-order valence-corrected chi connectivity index (χ0v) is 24.0. The molecule has 3 aromatic rings. The molecule has 0 radical (unpaired) electrons. The lowest BCUT2D eigenvalue weighted by molar-refractivity contribution is -0.152. The summed E-state index contributed by atoms with van der Waals surface area (Å²) in [6.07, 6.45) is 0. The van der Waals surface area contributed by atoms with E-state index < -0.39 is 23.3 Å². The number of rotatable bonds is 7. The van der Waals surface area contributed by atoms with E-state index in [0.717, 1.165) is 33.0 Å². The molecule has 0 fully saturated rings. The molecule has 4 rings (SSSR count). The van der Waals surface area contributed by atoms with Crippen molar-refractivity contribution >= 4 is 23.3 Å². The van der Waals surface area contributed by atoms with Crippen molar-refractivity contribution in [1.82, 2.24) is 10.3 Å². The van der Waals surface area contributed by atoms with E-state index >= 15 is 0 Å². The zero-order chi connectivity index (χ0) is 27.6. The van der Waals surface area contributed by atoms with Gasteiger partial charge in [-0.25, -0.2) is 9.78 Å². The summed E-state index contributed by atoms with van der Waals surface area (Å²) in [5, 5.41) is 6.32. The van der Waals surface area contributed by atoms with E-state index in [1.165, 1.54) is 16.9 Å². The minimum atomic E-state index is -0.928. The Morgan fingerprint density at radius 1 is 1.00 bits per heavy atom. The molecule has 0 spiro atoms. The van der Waals surface area contributed by atoms with Crippen LogP contribution in [0, 0.1) is 26.7 Å². The van der Waals surface area contributed by atoms with Gasteiger partial charge in [0, 0.05) is 22.6 Å². The van der Waals surface area contributed by atoms with E-state index in [4.69, 9.17) is 14.5 Å². The molecule has 6 nitrogen and oxygen atoms in total. The molecule has 1 aliphatic heterocycles. The van der Waals surface area contributed by atoms with Gasteiger partial charge in [-0.15, -0.1) is 11.3 Å². The lowest BCUT2D eigenvalue weighted by Crippen LogP contribution is -2.55. The Balaban J connectivity index is 1.93. The molecule has 1 N–H and O–H groups in total. The van der Waals surface area contributed by atoms with Crippen molar-refractivity contribution in [3.05, 3.63) is 86.4 Å². The Labute approximate surface area is 229 Å². The maximum atomic E-state index is 13.8. The third kappa shape index (κ3) is 4.99. The number of nitrogens with zero attached hydrogens (tertiary/aromatic N) is 1. The van der Waals surface area contributed by atoms with E-state index in [0.29, 0.717) is 11.3 Å². The Morgan fingerprint density at radius 3 is 2.24 bits per heavy atom. The van der Waals surface area contributed by atoms with Crippen LogP contribution in [0.3, 0.4) is 0 Å². The summed E-state index contributed by atoms with van der Waals surface area (Å²) in [5.41, 5.74) is 6.53. The van der Waals surface area contributed by atoms with Crippen LogP contribution in [0.1, 0.15) is 60.9 Å². The quantitative estimate of drug-likeness (QED) is 0.357. The molecule has 2 heterocycles. The number of carbonyl (C=O) groups excluding carboxylic acids is 2. The second-order valence-corrected chi connectivity index (χ2v) is 10.9. The lowest BCUT2D eigenvalue weighted by Gasteiger charge is -2.45. The van der Waals surface area contributed by atoms with Gasteiger partial charge in [-0.2, -0.15) is 0 Å². The van der Waals surface area contributed by atoms with Crippen LogP contribution in [0.4, 0.5) is 0 Å². The molecule has 1 aromatic heterocycles.